The number of halogens is 1. The number of ether oxygens (including phenoxy) is 2. The summed E-state index contributed by atoms with van der Waals surface area (Å²) >= 11 is 6.97. The molecule has 0 saturated heterocycles. The van der Waals surface area contributed by atoms with Crippen LogP contribution in [0.2, 0.25) is 5.02 Å². The molecule has 11 heteroatoms. The number of nitrogens with zero attached hydrogens (tertiary/aromatic N) is 1. The third-order valence-corrected chi connectivity index (χ3v) is 6.88. The first-order valence-electron chi connectivity index (χ1n) is 11.4. The number of carbonyl (C=O) groups excluding carboxylic acids is 3. The van der Waals surface area contributed by atoms with E-state index in [0.29, 0.717) is 16.9 Å². The number of nitriles is 1. The number of Topliss-reactive ketones (excluding diaryl/α,β-unsaturated/α-hetero) is 1. The molecule has 0 aliphatic carbocycles. The first-order chi connectivity index (χ1) is 18.1. The van der Waals surface area contributed by atoms with Crippen molar-refractivity contribution in [1.82, 2.24) is 0 Å². The van der Waals surface area contributed by atoms with Gasteiger partial charge < -0.3 is 19.0 Å². The molecule has 1 N–H and O–H groups in total. The molecule has 0 bridgehead atoms. The van der Waals surface area contributed by atoms with Gasteiger partial charge in [-0.25, -0.2) is 14.4 Å². The van der Waals surface area contributed by atoms with Crippen molar-refractivity contribution >= 4 is 52.7 Å². The summed E-state index contributed by atoms with van der Waals surface area (Å²) in [5.74, 6) is -2.51. The van der Waals surface area contributed by atoms with Gasteiger partial charge in [-0.05, 0) is 50.6 Å². The first kappa shape index (κ1) is 28.4. The summed E-state index contributed by atoms with van der Waals surface area (Å²) in [6, 6.07) is 9.28. The topological polar surface area (TPSA) is 144 Å². The number of allylic oxidation sites excluding steroid dienone is 1. The van der Waals surface area contributed by atoms with Gasteiger partial charge in [-0.3, -0.25) is 4.79 Å². The summed E-state index contributed by atoms with van der Waals surface area (Å²) in [6.45, 7) is 5.11. The van der Waals surface area contributed by atoms with Gasteiger partial charge in [0, 0.05) is 22.9 Å². The third-order valence-electron chi connectivity index (χ3n) is 5.30. The number of benzene rings is 1. The van der Waals surface area contributed by atoms with E-state index in [1.807, 2.05) is 6.07 Å². The number of hydrogen-bond donors (Lipinski definition) is 1. The highest BCUT2D eigenvalue weighted by atomic mass is 35.5. The van der Waals surface area contributed by atoms with Crippen LogP contribution >= 0.6 is 22.9 Å². The molecule has 3 aromatic rings. The van der Waals surface area contributed by atoms with Crippen molar-refractivity contribution in [2.45, 2.75) is 27.2 Å². The minimum atomic E-state index is -1.16. The molecule has 2 aromatic heterocycles. The molecule has 3 rings (SSSR count). The van der Waals surface area contributed by atoms with Crippen molar-refractivity contribution in [1.29, 1.82) is 5.26 Å². The molecule has 0 aliphatic heterocycles. The zero-order valence-corrected chi connectivity index (χ0v) is 22.2. The molecule has 0 spiro atoms. The van der Waals surface area contributed by atoms with E-state index in [1.165, 1.54) is 30.3 Å². The monoisotopic (exact) mass is 555 g/mol. The molecule has 0 unspecified atom stereocenters. The van der Waals surface area contributed by atoms with Gasteiger partial charge in [-0.1, -0.05) is 17.7 Å². The van der Waals surface area contributed by atoms with E-state index in [9.17, 15) is 24.4 Å². The molecule has 0 amide bonds. The molecule has 0 aliphatic rings. The Morgan fingerprint density at radius 2 is 1.79 bits per heavy atom. The fourth-order valence-electron chi connectivity index (χ4n) is 3.55. The fourth-order valence-corrected chi connectivity index (χ4v) is 4.99. The molecule has 0 fully saturated rings. The van der Waals surface area contributed by atoms with Gasteiger partial charge in [0.2, 0.25) is 0 Å². The highest BCUT2D eigenvalue weighted by molar-refractivity contribution is 7.14. The molecule has 38 heavy (non-hydrogen) atoms. The highest BCUT2D eigenvalue weighted by Crippen LogP contribution is 2.32. The quantitative estimate of drug-likeness (QED) is 0.188. The van der Waals surface area contributed by atoms with Crippen LogP contribution in [0.15, 0.2) is 40.3 Å². The minimum absolute atomic E-state index is 0.0298. The Bertz CT molecular complexity index is 1490. The Hall–Kier alpha value is -4.20. The average molecular weight is 556 g/mol. The summed E-state index contributed by atoms with van der Waals surface area (Å²) in [6.07, 6.45) is 0.939. The molecule has 1 aromatic carbocycles. The maximum atomic E-state index is 13.1. The molecule has 0 saturated carbocycles. The van der Waals surface area contributed by atoms with Crippen LogP contribution in [0.1, 0.15) is 60.4 Å². The Kier molecular flexibility index (Phi) is 9.23. The lowest BCUT2D eigenvalue weighted by molar-refractivity contribution is -0.114. The van der Waals surface area contributed by atoms with Gasteiger partial charge in [0.1, 0.15) is 22.5 Å². The maximum Gasteiger partial charge on any atom is 0.348 e. The van der Waals surface area contributed by atoms with Gasteiger partial charge in [-0.15, -0.1) is 11.3 Å². The summed E-state index contributed by atoms with van der Waals surface area (Å²) in [4.78, 5) is 49.6. The predicted molar refractivity (Wildman–Crippen MR) is 139 cm³/mol. The first-order valence-corrected chi connectivity index (χ1v) is 12.5. The number of furan rings is 1. The molecular formula is C27H22ClNO8S. The number of hydrogen-bond acceptors (Lipinski definition) is 9. The Morgan fingerprint density at radius 1 is 1.11 bits per heavy atom. The largest absolute Gasteiger partial charge is 0.478 e. The van der Waals surface area contributed by atoms with Gasteiger partial charge in [0.25, 0.3) is 0 Å². The number of carboxylic acid groups (broad SMARTS) is 1. The fraction of sp³-hybridized carbons (Fsp3) is 0.222. The van der Waals surface area contributed by atoms with Crippen molar-refractivity contribution in [3.8, 4) is 17.4 Å². The van der Waals surface area contributed by atoms with Crippen molar-refractivity contribution in [3.63, 3.8) is 0 Å². The van der Waals surface area contributed by atoms with Crippen LogP contribution in [-0.2, 0) is 20.7 Å². The third kappa shape index (κ3) is 6.19. The summed E-state index contributed by atoms with van der Waals surface area (Å²) in [7, 11) is 0. The maximum absolute atomic E-state index is 13.1. The van der Waals surface area contributed by atoms with Gasteiger partial charge >= 0.3 is 17.9 Å². The minimum Gasteiger partial charge on any atom is -0.478 e. The zero-order valence-electron chi connectivity index (χ0n) is 20.6. The Morgan fingerprint density at radius 3 is 2.39 bits per heavy atom. The van der Waals surface area contributed by atoms with E-state index in [4.69, 9.17) is 30.6 Å². The normalized spacial score (nSPS) is 11.1. The van der Waals surface area contributed by atoms with E-state index >= 15 is 0 Å². The molecule has 9 nitrogen and oxygen atoms in total. The van der Waals surface area contributed by atoms with Crippen LogP contribution in [0.3, 0.4) is 0 Å². The molecule has 2 heterocycles. The second-order valence-corrected chi connectivity index (χ2v) is 9.28. The number of ketones is 1. The van der Waals surface area contributed by atoms with E-state index < -0.39 is 23.7 Å². The van der Waals surface area contributed by atoms with Gasteiger partial charge in [0.15, 0.2) is 5.78 Å². The van der Waals surface area contributed by atoms with Crippen LogP contribution in [-0.4, -0.2) is 42.0 Å². The molecule has 0 radical (unpaired) electrons. The average Bonchev–Trinajstić information content (AvgIpc) is 3.46. The van der Waals surface area contributed by atoms with Crippen LogP contribution in [0.25, 0.3) is 17.4 Å². The Balaban J connectivity index is 1.90. The lowest BCUT2D eigenvalue weighted by atomic mass is 10.0. The van der Waals surface area contributed by atoms with Crippen molar-refractivity contribution in [2.75, 3.05) is 13.2 Å². The molecule has 0 atom stereocenters. The SMILES string of the molecule is CCOC(=O)c1sc(CC(=O)/C(C#N)=C/c2ccc(-c3ccc(C(=O)O)c(Cl)c3)o2)c(C(=O)OCC)c1C. The lowest BCUT2D eigenvalue weighted by Gasteiger charge is -2.05. The van der Waals surface area contributed by atoms with E-state index in [-0.39, 0.29) is 56.9 Å². The van der Waals surface area contributed by atoms with Crippen LogP contribution in [0.4, 0.5) is 0 Å². The van der Waals surface area contributed by atoms with Crippen LogP contribution in [0.5, 0.6) is 0 Å². The van der Waals surface area contributed by atoms with Crippen LogP contribution < -0.4 is 0 Å². The number of rotatable bonds is 10. The van der Waals surface area contributed by atoms with E-state index in [1.54, 1.807) is 26.8 Å². The van der Waals surface area contributed by atoms with Crippen molar-refractivity contribution in [3.05, 3.63) is 73.1 Å². The number of carboxylic acids is 1. The predicted octanol–water partition coefficient (Wildman–Crippen LogP) is 5.74. The van der Waals surface area contributed by atoms with Gasteiger partial charge in [0.05, 0.1) is 34.9 Å². The highest BCUT2D eigenvalue weighted by Gasteiger charge is 2.28. The second-order valence-electron chi connectivity index (χ2n) is 7.77. The van der Waals surface area contributed by atoms with E-state index in [0.717, 1.165) is 11.3 Å². The standard InChI is InChI=1S/C27H22ClNO8S/c1-4-35-26(33)23-14(3)24(27(34)36-5-2)38-22(23)12-20(30)16(13-29)10-17-7-9-21(37-17)15-6-8-18(25(31)32)19(28)11-15/h6-11H,4-5,12H2,1-3H3,(H,31,32)/b16-10+. The molecular weight excluding hydrogens is 534 g/mol. The van der Waals surface area contributed by atoms with Crippen molar-refractivity contribution < 1.29 is 38.2 Å². The lowest BCUT2D eigenvalue weighted by Crippen LogP contribution is -2.12. The number of carbonyl (C=O) groups is 4. The van der Waals surface area contributed by atoms with Gasteiger partial charge in [-0.2, -0.15) is 5.26 Å². The van der Waals surface area contributed by atoms with Crippen LogP contribution in [0, 0.1) is 18.3 Å². The summed E-state index contributed by atoms with van der Waals surface area (Å²) < 4.78 is 15.9. The number of thiophene rings is 1. The summed E-state index contributed by atoms with van der Waals surface area (Å²) in [5, 5.41) is 18.8. The Labute approximate surface area is 226 Å². The number of aromatic carboxylic acids is 1. The summed E-state index contributed by atoms with van der Waals surface area (Å²) in [5.41, 5.74) is 0.664. The smallest absolute Gasteiger partial charge is 0.348 e. The number of esters is 2. The van der Waals surface area contributed by atoms with E-state index in [2.05, 4.69) is 0 Å². The van der Waals surface area contributed by atoms with Crippen molar-refractivity contribution in [2.24, 2.45) is 0 Å². The molecule has 196 valence electrons. The second kappa shape index (κ2) is 12.4. The zero-order chi connectivity index (χ0) is 28.0.